The third-order valence-electron chi connectivity index (χ3n) is 1.99. The SMILES string of the molecule is NC(=O)c1ccc(NCC(O)CO)cc1Cl. The van der Waals surface area contributed by atoms with Gasteiger partial charge in [-0.2, -0.15) is 0 Å². The van der Waals surface area contributed by atoms with Crippen molar-refractivity contribution in [3.8, 4) is 0 Å². The molecule has 0 aromatic heterocycles. The van der Waals surface area contributed by atoms with Crippen molar-refractivity contribution in [1.82, 2.24) is 0 Å². The van der Waals surface area contributed by atoms with E-state index in [4.69, 9.17) is 27.5 Å². The summed E-state index contributed by atoms with van der Waals surface area (Å²) in [4.78, 5) is 10.9. The van der Waals surface area contributed by atoms with E-state index in [1.165, 1.54) is 12.1 Å². The summed E-state index contributed by atoms with van der Waals surface area (Å²) in [5.41, 5.74) is 5.98. The van der Waals surface area contributed by atoms with Gasteiger partial charge in [0.2, 0.25) is 5.91 Å². The van der Waals surface area contributed by atoms with E-state index in [0.29, 0.717) is 5.69 Å². The number of anilines is 1. The number of primary amides is 1. The van der Waals surface area contributed by atoms with Gasteiger partial charge in [0.15, 0.2) is 0 Å². The fraction of sp³-hybridized carbons (Fsp3) is 0.300. The van der Waals surface area contributed by atoms with Crippen molar-refractivity contribution in [3.05, 3.63) is 28.8 Å². The smallest absolute Gasteiger partial charge is 0.250 e. The normalized spacial score (nSPS) is 12.2. The molecule has 1 rings (SSSR count). The second-order valence-electron chi connectivity index (χ2n) is 3.28. The van der Waals surface area contributed by atoms with Crippen molar-refractivity contribution in [2.45, 2.75) is 6.10 Å². The molecule has 0 spiro atoms. The lowest BCUT2D eigenvalue weighted by Gasteiger charge is -2.11. The third-order valence-corrected chi connectivity index (χ3v) is 2.30. The quantitative estimate of drug-likeness (QED) is 0.595. The van der Waals surface area contributed by atoms with E-state index >= 15 is 0 Å². The molecule has 0 saturated heterocycles. The number of aliphatic hydroxyl groups is 2. The molecule has 5 nitrogen and oxygen atoms in total. The van der Waals surface area contributed by atoms with Crippen LogP contribution in [0.3, 0.4) is 0 Å². The van der Waals surface area contributed by atoms with Crippen molar-refractivity contribution in [1.29, 1.82) is 0 Å². The number of aliphatic hydroxyl groups excluding tert-OH is 2. The maximum atomic E-state index is 10.9. The van der Waals surface area contributed by atoms with Gasteiger partial charge in [0.1, 0.15) is 0 Å². The first-order chi connectivity index (χ1) is 7.54. The Bertz CT molecular complexity index is 384. The third kappa shape index (κ3) is 3.37. The highest BCUT2D eigenvalue weighted by atomic mass is 35.5. The topological polar surface area (TPSA) is 95.6 Å². The molecule has 0 aliphatic rings. The number of halogens is 1. The fourth-order valence-electron chi connectivity index (χ4n) is 1.13. The first kappa shape index (κ1) is 12.8. The van der Waals surface area contributed by atoms with Gasteiger partial charge in [-0.15, -0.1) is 0 Å². The second-order valence-corrected chi connectivity index (χ2v) is 3.68. The molecule has 1 aromatic rings. The molecule has 0 fully saturated rings. The van der Waals surface area contributed by atoms with Crippen molar-refractivity contribution >= 4 is 23.2 Å². The lowest BCUT2D eigenvalue weighted by Crippen LogP contribution is -2.23. The van der Waals surface area contributed by atoms with Crippen LogP contribution < -0.4 is 11.1 Å². The molecule has 6 heteroatoms. The Hall–Kier alpha value is -1.30. The van der Waals surface area contributed by atoms with Gasteiger partial charge < -0.3 is 21.3 Å². The van der Waals surface area contributed by atoms with Gasteiger partial charge in [-0.05, 0) is 18.2 Å². The highest BCUT2D eigenvalue weighted by Crippen LogP contribution is 2.20. The molecule has 0 aliphatic carbocycles. The maximum Gasteiger partial charge on any atom is 0.250 e. The van der Waals surface area contributed by atoms with E-state index in [2.05, 4.69) is 5.32 Å². The minimum absolute atomic E-state index is 0.197. The monoisotopic (exact) mass is 244 g/mol. The van der Waals surface area contributed by atoms with E-state index in [-0.39, 0.29) is 23.7 Å². The van der Waals surface area contributed by atoms with Crippen LogP contribution >= 0.6 is 11.6 Å². The standard InChI is InChI=1S/C10H13ClN2O3/c11-9-3-6(13-4-7(15)5-14)1-2-8(9)10(12)16/h1-3,7,13-15H,4-5H2,(H2,12,16). The van der Waals surface area contributed by atoms with Crippen LogP contribution in [-0.4, -0.2) is 35.4 Å². The summed E-state index contributed by atoms with van der Waals surface area (Å²) in [6.45, 7) is -0.122. The molecule has 0 saturated carbocycles. The molecule has 5 N–H and O–H groups in total. The van der Waals surface area contributed by atoms with Crippen LogP contribution in [0.5, 0.6) is 0 Å². The summed E-state index contributed by atoms with van der Waals surface area (Å²) < 4.78 is 0. The Kier molecular flexibility index (Phi) is 4.54. The Balaban J connectivity index is 2.70. The highest BCUT2D eigenvalue weighted by molar-refractivity contribution is 6.34. The zero-order chi connectivity index (χ0) is 12.1. The predicted molar refractivity (Wildman–Crippen MR) is 61.6 cm³/mol. The number of nitrogens with one attached hydrogen (secondary N) is 1. The molecule has 16 heavy (non-hydrogen) atoms. The minimum Gasteiger partial charge on any atom is -0.394 e. The minimum atomic E-state index is -0.838. The molecule has 0 radical (unpaired) electrons. The summed E-state index contributed by atoms with van der Waals surface area (Å²) in [6, 6.07) is 4.65. The summed E-state index contributed by atoms with van der Waals surface area (Å²) in [6.07, 6.45) is -0.838. The molecule has 0 aliphatic heterocycles. The Morgan fingerprint density at radius 3 is 2.75 bits per heavy atom. The first-order valence-corrected chi connectivity index (χ1v) is 5.04. The van der Waals surface area contributed by atoms with Gasteiger partial charge in [-0.3, -0.25) is 4.79 Å². The molecular weight excluding hydrogens is 232 g/mol. The molecule has 1 amide bonds. The number of carbonyl (C=O) groups excluding carboxylic acids is 1. The number of amides is 1. The number of rotatable bonds is 5. The van der Waals surface area contributed by atoms with E-state index in [1.54, 1.807) is 6.07 Å². The summed E-state index contributed by atoms with van der Waals surface area (Å²) in [5, 5.41) is 20.8. The van der Waals surface area contributed by atoms with E-state index < -0.39 is 12.0 Å². The molecule has 88 valence electrons. The van der Waals surface area contributed by atoms with E-state index in [1.807, 2.05) is 0 Å². The Labute approximate surface area is 97.8 Å². The van der Waals surface area contributed by atoms with E-state index in [0.717, 1.165) is 0 Å². The average Bonchev–Trinajstić information content (AvgIpc) is 2.25. The Morgan fingerprint density at radius 1 is 1.56 bits per heavy atom. The molecule has 1 aromatic carbocycles. The van der Waals surface area contributed by atoms with Crippen molar-refractivity contribution in [3.63, 3.8) is 0 Å². The van der Waals surface area contributed by atoms with Crippen LogP contribution in [0, 0.1) is 0 Å². The molecule has 1 atom stereocenters. The van der Waals surface area contributed by atoms with Crippen LogP contribution in [0.15, 0.2) is 18.2 Å². The van der Waals surface area contributed by atoms with Gasteiger partial charge in [0.05, 0.1) is 23.3 Å². The fourth-order valence-corrected chi connectivity index (χ4v) is 1.40. The van der Waals surface area contributed by atoms with Crippen LogP contribution in [0.4, 0.5) is 5.69 Å². The summed E-state index contributed by atoms with van der Waals surface area (Å²) in [7, 11) is 0. The number of hydrogen-bond acceptors (Lipinski definition) is 4. The van der Waals surface area contributed by atoms with E-state index in [9.17, 15) is 4.79 Å². The molecule has 0 bridgehead atoms. The zero-order valence-electron chi connectivity index (χ0n) is 8.48. The molecular formula is C10H13ClN2O3. The number of nitrogens with two attached hydrogens (primary N) is 1. The van der Waals surface area contributed by atoms with Gasteiger partial charge >= 0.3 is 0 Å². The van der Waals surface area contributed by atoms with Crippen LogP contribution in [-0.2, 0) is 0 Å². The Morgan fingerprint density at radius 2 is 2.25 bits per heavy atom. The highest BCUT2D eigenvalue weighted by Gasteiger charge is 2.07. The predicted octanol–water partition coefficient (Wildman–Crippen LogP) is 0.204. The van der Waals surface area contributed by atoms with Crippen molar-refractivity contribution in [2.75, 3.05) is 18.5 Å². The maximum absolute atomic E-state index is 10.9. The van der Waals surface area contributed by atoms with Crippen LogP contribution in [0.25, 0.3) is 0 Å². The largest absolute Gasteiger partial charge is 0.394 e. The number of carbonyl (C=O) groups is 1. The van der Waals surface area contributed by atoms with Crippen molar-refractivity contribution < 1.29 is 15.0 Å². The van der Waals surface area contributed by atoms with Gasteiger partial charge in [-0.1, -0.05) is 11.6 Å². The van der Waals surface area contributed by atoms with Crippen LogP contribution in [0.2, 0.25) is 5.02 Å². The molecule has 0 heterocycles. The molecule has 1 unspecified atom stereocenters. The second kappa shape index (κ2) is 5.69. The van der Waals surface area contributed by atoms with Crippen LogP contribution in [0.1, 0.15) is 10.4 Å². The zero-order valence-corrected chi connectivity index (χ0v) is 9.24. The number of hydrogen-bond donors (Lipinski definition) is 4. The van der Waals surface area contributed by atoms with Gasteiger partial charge in [0.25, 0.3) is 0 Å². The first-order valence-electron chi connectivity index (χ1n) is 4.66. The lowest BCUT2D eigenvalue weighted by molar-refractivity contribution is 0.100. The average molecular weight is 245 g/mol. The van der Waals surface area contributed by atoms with Crippen molar-refractivity contribution in [2.24, 2.45) is 5.73 Å². The van der Waals surface area contributed by atoms with Gasteiger partial charge in [0, 0.05) is 12.2 Å². The van der Waals surface area contributed by atoms with Gasteiger partial charge in [-0.25, -0.2) is 0 Å². The summed E-state index contributed by atoms with van der Waals surface area (Å²) in [5.74, 6) is -0.591. The lowest BCUT2D eigenvalue weighted by atomic mass is 10.2. The number of benzene rings is 1. The summed E-state index contributed by atoms with van der Waals surface area (Å²) >= 11 is 5.82.